The van der Waals surface area contributed by atoms with Gasteiger partial charge in [0.1, 0.15) is 0 Å². The Hall–Kier alpha value is -0.780. The molecule has 1 saturated carbocycles. The average Bonchev–Trinajstić information content (AvgIpc) is 3.03. The third-order valence-electron chi connectivity index (χ3n) is 4.45. The fraction of sp³-hybridized carbons (Fsp3) is 0.714. The van der Waals surface area contributed by atoms with Crippen LogP contribution in [0, 0.1) is 0 Å². The second-order valence-electron chi connectivity index (χ2n) is 5.85. The van der Waals surface area contributed by atoms with Crippen LogP contribution in [0.25, 0.3) is 0 Å². The molecule has 0 aromatic carbocycles. The molecule has 2 aliphatic rings. The molecule has 0 unspecified atom stereocenters. The first kappa shape index (κ1) is 18.3. The maximum absolute atomic E-state index is 12.2. The van der Waals surface area contributed by atoms with Crippen molar-refractivity contribution in [3.63, 3.8) is 0 Å². The van der Waals surface area contributed by atoms with E-state index in [4.69, 9.17) is 5.73 Å². The van der Waals surface area contributed by atoms with E-state index in [1.54, 1.807) is 0 Å². The summed E-state index contributed by atoms with van der Waals surface area (Å²) in [7, 11) is 0. The van der Waals surface area contributed by atoms with Gasteiger partial charge in [-0.3, -0.25) is 9.48 Å². The van der Waals surface area contributed by atoms with E-state index in [1.165, 1.54) is 5.56 Å². The lowest BCUT2D eigenvalue weighted by molar-refractivity contribution is -0.134. The summed E-state index contributed by atoms with van der Waals surface area (Å²) in [5, 5.41) is 4.33. The van der Waals surface area contributed by atoms with E-state index in [0.29, 0.717) is 5.92 Å². The number of nitrogens with zero attached hydrogens (tertiary/aromatic N) is 3. The van der Waals surface area contributed by atoms with Gasteiger partial charge in [-0.05, 0) is 44.1 Å². The monoisotopic (exact) mass is 334 g/mol. The Kier molecular flexibility index (Phi) is 6.08. The molecule has 2 fully saturated rings. The number of aryl methyl sites for hydroxylation is 1. The van der Waals surface area contributed by atoms with Crippen LogP contribution in [0.5, 0.6) is 0 Å². The molecule has 1 aromatic rings. The Morgan fingerprint density at radius 3 is 2.48 bits per heavy atom. The summed E-state index contributed by atoms with van der Waals surface area (Å²) in [5.74, 6) is 0.701. The van der Waals surface area contributed by atoms with Crippen molar-refractivity contribution in [1.29, 1.82) is 0 Å². The Morgan fingerprint density at radius 2 is 2.00 bits per heavy atom. The highest BCUT2D eigenvalue weighted by molar-refractivity contribution is 5.89. The summed E-state index contributed by atoms with van der Waals surface area (Å²) >= 11 is 0. The van der Waals surface area contributed by atoms with Crippen LogP contribution in [0.3, 0.4) is 0 Å². The summed E-state index contributed by atoms with van der Waals surface area (Å²) in [6.45, 7) is 4.67. The van der Waals surface area contributed by atoms with Gasteiger partial charge >= 0.3 is 0 Å². The van der Waals surface area contributed by atoms with Gasteiger partial charge in [-0.15, -0.1) is 24.8 Å². The lowest BCUT2D eigenvalue weighted by atomic mass is 9.91. The molecular formula is C14H24Cl2N4O. The van der Waals surface area contributed by atoms with E-state index in [1.807, 2.05) is 15.8 Å². The number of piperidine rings is 1. The Labute approximate surface area is 138 Å². The van der Waals surface area contributed by atoms with Crippen LogP contribution in [0.1, 0.15) is 44.1 Å². The first-order valence-corrected chi connectivity index (χ1v) is 7.23. The van der Waals surface area contributed by atoms with Gasteiger partial charge in [-0.1, -0.05) is 0 Å². The molecule has 0 bridgehead atoms. The summed E-state index contributed by atoms with van der Waals surface area (Å²) in [6, 6.07) is 0. The number of aromatic nitrogens is 2. The van der Waals surface area contributed by atoms with E-state index in [9.17, 15) is 4.79 Å². The highest BCUT2D eigenvalue weighted by Crippen LogP contribution is 2.36. The molecule has 0 atom stereocenters. The van der Waals surface area contributed by atoms with E-state index < -0.39 is 5.54 Å². The molecule has 1 aliphatic carbocycles. The average molecular weight is 335 g/mol. The van der Waals surface area contributed by atoms with Crippen LogP contribution < -0.4 is 5.73 Å². The number of likely N-dealkylation sites (tertiary alicyclic amines) is 1. The third-order valence-corrected chi connectivity index (χ3v) is 4.45. The minimum Gasteiger partial charge on any atom is -0.341 e. The molecule has 2 heterocycles. The topological polar surface area (TPSA) is 64.2 Å². The molecule has 7 heteroatoms. The first-order chi connectivity index (χ1) is 9.12. The Bertz CT molecular complexity index is 479. The zero-order valence-electron chi connectivity index (χ0n) is 12.3. The maximum Gasteiger partial charge on any atom is 0.242 e. The summed E-state index contributed by atoms with van der Waals surface area (Å²) in [5.41, 5.74) is 6.78. The van der Waals surface area contributed by atoms with E-state index >= 15 is 0 Å². The number of nitrogens with two attached hydrogens (primary N) is 1. The zero-order valence-corrected chi connectivity index (χ0v) is 14.0. The molecule has 120 valence electrons. The molecule has 1 aliphatic heterocycles. The normalized spacial score (nSPS) is 20.4. The van der Waals surface area contributed by atoms with Gasteiger partial charge in [0, 0.05) is 25.8 Å². The Balaban J connectivity index is 0.00000110. The fourth-order valence-electron chi connectivity index (χ4n) is 2.84. The number of hydrogen-bond donors (Lipinski definition) is 1. The lowest BCUT2D eigenvalue weighted by Crippen LogP contribution is -2.48. The third kappa shape index (κ3) is 3.71. The Morgan fingerprint density at radius 1 is 1.38 bits per heavy atom. The highest BCUT2D eigenvalue weighted by atomic mass is 35.5. The van der Waals surface area contributed by atoms with Gasteiger partial charge in [-0.2, -0.15) is 5.10 Å². The van der Waals surface area contributed by atoms with Gasteiger partial charge in [0.2, 0.25) is 5.91 Å². The second-order valence-corrected chi connectivity index (χ2v) is 5.85. The van der Waals surface area contributed by atoms with Crippen LogP contribution in [0.4, 0.5) is 0 Å². The molecular weight excluding hydrogens is 311 g/mol. The van der Waals surface area contributed by atoms with Gasteiger partial charge in [0.25, 0.3) is 0 Å². The first-order valence-electron chi connectivity index (χ1n) is 7.23. The molecule has 3 rings (SSSR count). The van der Waals surface area contributed by atoms with Crippen molar-refractivity contribution in [3.05, 3.63) is 18.0 Å². The molecule has 1 amide bonds. The van der Waals surface area contributed by atoms with Crippen molar-refractivity contribution >= 4 is 30.7 Å². The molecule has 21 heavy (non-hydrogen) atoms. The molecule has 2 N–H and O–H groups in total. The second kappa shape index (κ2) is 6.99. The maximum atomic E-state index is 12.2. The number of carbonyl (C=O) groups excluding carboxylic acids is 1. The molecule has 5 nitrogen and oxygen atoms in total. The highest BCUT2D eigenvalue weighted by Gasteiger charge is 2.48. The zero-order chi connectivity index (χ0) is 13.5. The van der Waals surface area contributed by atoms with Gasteiger partial charge in [0.15, 0.2) is 0 Å². The van der Waals surface area contributed by atoms with Crippen LogP contribution in [-0.4, -0.2) is 39.2 Å². The van der Waals surface area contributed by atoms with Crippen molar-refractivity contribution < 1.29 is 4.79 Å². The lowest BCUT2D eigenvalue weighted by Gasteiger charge is -2.33. The van der Waals surface area contributed by atoms with Crippen LogP contribution in [0.2, 0.25) is 0 Å². The van der Waals surface area contributed by atoms with E-state index in [-0.39, 0.29) is 30.7 Å². The predicted molar refractivity (Wildman–Crippen MR) is 87.1 cm³/mol. The summed E-state index contributed by atoms with van der Waals surface area (Å²) < 4.78 is 1.96. The van der Waals surface area contributed by atoms with Crippen molar-refractivity contribution in [1.82, 2.24) is 14.7 Å². The van der Waals surface area contributed by atoms with Gasteiger partial charge in [-0.25, -0.2) is 0 Å². The van der Waals surface area contributed by atoms with Crippen molar-refractivity contribution in [3.8, 4) is 0 Å². The number of amides is 1. The molecule has 1 saturated heterocycles. The van der Waals surface area contributed by atoms with Crippen molar-refractivity contribution in [2.45, 2.75) is 50.6 Å². The fourth-order valence-corrected chi connectivity index (χ4v) is 2.84. The number of carbonyl (C=O) groups is 1. The summed E-state index contributed by atoms with van der Waals surface area (Å²) in [4.78, 5) is 14.1. The smallest absolute Gasteiger partial charge is 0.242 e. The van der Waals surface area contributed by atoms with E-state index in [0.717, 1.165) is 45.3 Å². The number of hydrogen-bond acceptors (Lipinski definition) is 3. The van der Waals surface area contributed by atoms with Crippen LogP contribution in [0.15, 0.2) is 12.4 Å². The minimum absolute atomic E-state index is 0. The standard InChI is InChI=1S/C14H22N4O.2ClH/c1-2-18-10-12(9-16-18)11-3-7-17(8-4-11)13(19)14(15)5-6-14;;/h9-11H,2-8,15H2,1H3;2*1H. The number of halogens is 2. The van der Waals surface area contributed by atoms with Crippen LogP contribution >= 0.6 is 24.8 Å². The SMILES string of the molecule is CCn1cc(C2CCN(C(=O)C3(N)CC3)CC2)cn1.Cl.Cl. The van der Waals surface area contributed by atoms with Crippen LogP contribution in [-0.2, 0) is 11.3 Å². The summed E-state index contributed by atoms with van der Waals surface area (Å²) in [6.07, 6.45) is 7.86. The van der Waals surface area contributed by atoms with Gasteiger partial charge < -0.3 is 10.6 Å². The molecule has 0 spiro atoms. The quantitative estimate of drug-likeness (QED) is 0.918. The van der Waals surface area contributed by atoms with Crippen molar-refractivity contribution in [2.24, 2.45) is 5.73 Å². The minimum atomic E-state index is -0.514. The van der Waals surface area contributed by atoms with Crippen molar-refractivity contribution in [2.75, 3.05) is 13.1 Å². The molecule has 1 aromatic heterocycles. The number of rotatable bonds is 3. The van der Waals surface area contributed by atoms with Gasteiger partial charge in [0.05, 0.1) is 11.7 Å². The predicted octanol–water partition coefficient (Wildman–Crippen LogP) is 1.94. The largest absolute Gasteiger partial charge is 0.341 e. The molecule has 0 radical (unpaired) electrons. The van der Waals surface area contributed by atoms with E-state index in [2.05, 4.69) is 18.2 Å².